The molecule has 0 bridgehead atoms. The first-order valence-corrected chi connectivity index (χ1v) is 8.05. The topological polar surface area (TPSA) is 57.6 Å². The van der Waals surface area contributed by atoms with E-state index in [1.807, 2.05) is 0 Å². The lowest BCUT2D eigenvalue weighted by molar-refractivity contribution is -0.143. The van der Waals surface area contributed by atoms with Crippen LogP contribution in [0.2, 0.25) is 0 Å². The fraction of sp³-hybridized carbons (Fsp3) is 0.875. The minimum atomic E-state index is -0.822. The molecule has 0 spiro atoms. The minimum Gasteiger partial charge on any atom is -0.481 e. The maximum Gasteiger partial charge on any atom is 0.308 e. The van der Waals surface area contributed by atoms with Crippen LogP contribution in [0.15, 0.2) is 0 Å². The fourth-order valence-electron chi connectivity index (χ4n) is 2.84. The van der Waals surface area contributed by atoms with Crippen molar-refractivity contribution in [2.75, 3.05) is 13.1 Å². The van der Waals surface area contributed by atoms with E-state index in [0.717, 1.165) is 25.7 Å². The van der Waals surface area contributed by atoms with Crippen LogP contribution in [0, 0.1) is 11.8 Å². The van der Waals surface area contributed by atoms with Crippen LogP contribution in [0.1, 0.15) is 65.2 Å². The van der Waals surface area contributed by atoms with E-state index in [4.69, 9.17) is 5.11 Å². The molecule has 0 aromatic rings. The monoisotopic (exact) mass is 283 g/mol. The summed E-state index contributed by atoms with van der Waals surface area (Å²) in [7, 11) is 0. The summed E-state index contributed by atoms with van der Waals surface area (Å²) in [5.74, 6) is -0.641. The largest absolute Gasteiger partial charge is 0.481 e. The van der Waals surface area contributed by atoms with Gasteiger partial charge in [-0.1, -0.05) is 39.5 Å². The van der Waals surface area contributed by atoms with E-state index < -0.39 is 11.9 Å². The highest BCUT2D eigenvalue weighted by Gasteiger charge is 2.23. The molecule has 1 saturated carbocycles. The number of carboxylic acid groups (broad SMARTS) is 1. The SMILES string of the molecule is CCCCN(CC(C)C(=O)O)C(=O)CC1CCCCC1. The highest BCUT2D eigenvalue weighted by molar-refractivity contribution is 5.77. The predicted molar refractivity (Wildman–Crippen MR) is 79.5 cm³/mol. The Morgan fingerprint density at radius 3 is 2.45 bits per heavy atom. The third-order valence-corrected chi connectivity index (χ3v) is 4.24. The molecule has 0 radical (unpaired) electrons. The molecular formula is C16H29NO3. The summed E-state index contributed by atoms with van der Waals surface area (Å²) < 4.78 is 0. The molecule has 1 unspecified atom stereocenters. The summed E-state index contributed by atoms with van der Waals surface area (Å²) >= 11 is 0. The van der Waals surface area contributed by atoms with Crippen LogP contribution in [0.4, 0.5) is 0 Å². The number of carbonyl (C=O) groups excluding carboxylic acids is 1. The Morgan fingerprint density at radius 2 is 1.90 bits per heavy atom. The van der Waals surface area contributed by atoms with Gasteiger partial charge in [-0.3, -0.25) is 9.59 Å². The van der Waals surface area contributed by atoms with Crippen molar-refractivity contribution in [3.63, 3.8) is 0 Å². The van der Waals surface area contributed by atoms with E-state index >= 15 is 0 Å². The van der Waals surface area contributed by atoms with Gasteiger partial charge in [-0.15, -0.1) is 0 Å². The number of hydrogen-bond acceptors (Lipinski definition) is 2. The molecule has 1 aliphatic carbocycles. The molecule has 0 aromatic heterocycles. The van der Waals surface area contributed by atoms with E-state index in [9.17, 15) is 9.59 Å². The average Bonchev–Trinajstić information content (AvgIpc) is 2.43. The van der Waals surface area contributed by atoms with Gasteiger partial charge in [0.15, 0.2) is 0 Å². The molecule has 1 fully saturated rings. The lowest BCUT2D eigenvalue weighted by Gasteiger charge is -2.28. The zero-order chi connectivity index (χ0) is 15.0. The number of carboxylic acids is 1. The zero-order valence-electron chi connectivity index (χ0n) is 12.9. The van der Waals surface area contributed by atoms with E-state index in [-0.39, 0.29) is 5.91 Å². The summed E-state index contributed by atoms with van der Waals surface area (Å²) in [5.41, 5.74) is 0. The third kappa shape index (κ3) is 5.93. The first-order chi connectivity index (χ1) is 9.54. The van der Waals surface area contributed by atoms with Gasteiger partial charge in [0.05, 0.1) is 5.92 Å². The van der Waals surface area contributed by atoms with E-state index in [0.29, 0.717) is 25.4 Å². The van der Waals surface area contributed by atoms with Crippen molar-refractivity contribution in [3.05, 3.63) is 0 Å². The van der Waals surface area contributed by atoms with Crippen molar-refractivity contribution in [2.24, 2.45) is 11.8 Å². The standard InChI is InChI=1S/C16H29NO3/c1-3-4-10-17(12-13(2)16(19)20)15(18)11-14-8-6-5-7-9-14/h13-14H,3-12H2,1-2H3,(H,19,20). The number of amides is 1. The summed E-state index contributed by atoms with van der Waals surface area (Å²) in [6, 6.07) is 0. The van der Waals surface area contributed by atoms with E-state index in [1.54, 1.807) is 11.8 Å². The maximum absolute atomic E-state index is 12.4. The van der Waals surface area contributed by atoms with Gasteiger partial charge in [0.2, 0.25) is 5.91 Å². The Hall–Kier alpha value is -1.06. The second-order valence-corrected chi connectivity index (χ2v) is 6.14. The molecule has 1 amide bonds. The molecule has 0 aliphatic heterocycles. The van der Waals surface area contributed by atoms with Crippen LogP contribution in [0.5, 0.6) is 0 Å². The molecule has 1 rings (SSSR count). The Balaban J connectivity index is 2.51. The summed E-state index contributed by atoms with van der Waals surface area (Å²) in [4.78, 5) is 25.2. The van der Waals surface area contributed by atoms with Crippen LogP contribution in [0.25, 0.3) is 0 Å². The van der Waals surface area contributed by atoms with Gasteiger partial charge in [0.25, 0.3) is 0 Å². The molecule has 20 heavy (non-hydrogen) atoms. The molecule has 0 aromatic carbocycles. The van der Waals surface area contributed by atoms with Crippen molar-refractivity contribution >= 4 is 11.9 Å². The Labute approximate surface area is 122 Å². The highest BCUT2D eigenvalue weighted by atomic mass is 16.4. The lowest BCUT2D eigenvalue weighted by atomic mass is 9.86. The van der Waals surface area contributed by atoms with Crippen LogP contribution >= 0.6 is 0 Å². The molecule has 116 valence electrons. The minimum absolute atomic E-state index is 0.151. The number of hydrogen-bond donors (Lipinski definition) is 1. The maximum atomic E-state index is 12.4. The van der Waals surface area contributed by atoms with E-state index in [2.05, 4.69) is 6.92 Å². The smallest absolute Gasteiger partial charge is 0.308 e. The highest BCUT2D eigenvalue weighted by Crippen LogP contribution is 2.27. The number of aliphatic carboxylic acids is 1. The summed E-state index contributed by atoms with van der Waals surface area (Å²) in [6.07, 6.45) is 8.65. The van der Waals surface area contributed by atoms with Crippen molar-refractivity contribution in [1.29, 1.82) is 0 Å². The van der Waals surface area contributed by atoms with Gasteiger partial charge in [-0.05, 0) is 25.2 Å². The van der Waals surface area contributed by atoms with Crippen molar-refractivity contribution in [2.45, 2.75) is 65.2 Å². The Morgan fingerprint density at radius 1 is 1.25 bits per heavy atom. The molecule has 1 atom stereocenters. The van der Waals surface area contributed by atoms with Gasteiger partial charge < -0.3 is 10.0 Å². The fourth-order valence-corrected chi connectivity index (χ4v) is 2.84. The number of carbonyl (C=O) groups is 2. The van der Waals surface area contributed by atoms with Crippen LogP contribution in [-0.4, -0.2) is 35.0 Å². The second-order valence-electron chi connectivity index (χ2n) is 6.14. The van der Waals surface area contributed by atoms with Crippen LogP contribution in [0.3, 0.4) is 0 Å². The molecule has 0 saturated heterocycles. The molecule has 4 heteroatoms. The average molecular weight is 283 g/mol. The molecule has 4 nitrogen and oxygen atoms in total. The van der Waals surface area contributed by atoms with Gasteiger partial charge in [-0.25, -0.2) is 0 Å². The lowest BCUT2D eigenvalue weighted by Crippen LogP contribution is -2.38. The Kier molecular flexibility index (Phi) is 7.63. The first kappa shape index (κ1) is 17.0. The first-order valence-electron chi connectivity index (χ1n) is 8.05. The number of unbranched alkanes of at least 4 members (excludes halogenated alkanes) is 1. The van der Waals surface area contributed by atoms with Crippen molar-refractivity contribution in [1.82, 2.24) is 4.90 Å². The van der Waals surface area contributed by atoms with E-state index in [1.165, 1.54) is 19.3 Å². The van der Waals surface area contributed by atoms with Crippen molar-refractivity contribution in [3.8, 4) is 0 Å². The molecule has 0 heterocycles. The summed E-state index contributed by atoms with van der Waals surface area (Å²) in [6.45, 7) is 4.81. The number of rotatable bonds is 8. The van der Waals surface area contributed by atoms with Crippen LogP contribution < -0.4 is 0 Å². The predicted octanol–water partition coefficient (Wildman–Crippen LogP) is 3.31. The quantitative estimate of drug-likeness (QED) is 0.743. The molecular weight excluding hydrogens is 254 g/mol. The normalized spacial score (nSPS) is 17.7. The summed E-state index contributed by atoms with van der Waals surface area (Å²) in [5, 5.41) is 9.02. The van der Waals surface area contributed by atoms with Crippen LogP contribution in [-0.2, 0) is 9.59 Å². The van der Waals surface area contributed by atoms with Gasteiger partial charge in [0.1, 0.15) is 0 Å². The van der Waals surface area contributed by atoms with Crippen molar-refractivity contribution < 1.29 is 14.7 Å². The zero-order valence-corrected chi connectivity index (χ0v) is 12.9. The van der Waals surface area contributed by atoms with Gasteiger partial charge in [0, 0.05) is 19.5 Å². The number of nitrogens with zero attached hydrogens (tertiary/aromatic N) is 1. The second kappa shape index (κ2) is 8.98. The molecule has 1 N–H and O–H groups in total. The molecule has 1 aliphatic rings. The third-order valence-electron chi connectivity index (χ3n) is 4.24. The van der Waals surface area contributed by atoms with Gasteiger partial charge in [-0.2, -0.15) is 0 Å². The Bertz CT molecular complexity index is 311. The van der Waals surface area contributed by atoms with Gasteiger partial charge >= 0.3 is 5.97 Å².